The maximum Gasteiger partial charge on any atom is 0.257 e. The molecule has 0 unspecified atom stereocenters. The summed E-state index contributed by atoms with van der Waals surface area (Å²) >= 11 is 0. The fourth-order valence-electron chi connectivity index (χ4n) is 5.34. The molecule has 8 heteroatoms. The quantitative estimate of drug-likeness (QED) is 0.734. The van der Waals surface area contributed by atoms with Crippen LogP contribution in [-0.4, -0.2) is 66.0 Å². The second-order valence-corrected chi connectivity index (χ2v) is 9.60. The van der Waals surface area contributed by atoms with E-state index >= 15 is 0 Å². The minimum Gasteiger partial charge on any atom is -0.490 e. The van der Waals surface area contributed by atoms with E-state index in [1.807, 2.05) is 17.0 Å². The van der Waals surface area contributed by atoms with E-state index < -0.39 is 0 Å². The lowest BCUT2D eigenvalue weighted by Crippen LogP contribution is -2.54. The van der Waals surface area contributed by atoms with E-state index in [-0.39, 0.29) is 42.6 Å². The van der Waals surface area contributed by atoms with Crippen LogP contribution in [0, 0.1) is 0 Å². The molecule has 8 nitrogen and oxygen atoms in total. The number of carbonyl (C=O) groups excluding carboxylic acids is 3. The van der Waals surface area contributed by atoms with Gasteiger partial charge in [0.05, 0.1) is 24.1 Å². The fourth-order valence-corrected chi connectivity index (χ4v) is 5.34. The third-order valence-electron chi connectivity index (χ3n) is 7.22. The van der Waals surface area contributed by atoms with Crippen molar-refractivity contribution in [3.8, 4) is 5.75 Å². The van der Waals surface area contributed by atoms with Crippen molar-refractivity contribution in [3.63, 3.8) is 0 Å². The van der Waals surface area contributed by atoms with E-state index in [9.17, 15) is 14.4 Å². The molecule has 3 aliphatic heterocycles. The zero-order valence-corrected chi connectivity index (χ0v) is 20.2. The second kappa shape index (κ2) is 9.70. The van der Waals surface area contributed by atoms with Crippen molar-refractivity contribution in [2.75, 3.05) is 25.5 Å². The normalized spacial score (nSPS) is 23.7. The van der Waals surface area contributed by atoms with Gasteiger partial charge in [0.15, 0.2) is 0 Å². The molecule has 1 fully saturated rings. The van der Waals surface area contributed by atoms with Gasteiger partial charge in [-0.1, -0.05) is 24.3 Å². The standard InChI is InChI=1S/C27H31N3O5/c1-17(31)28-20-7-10-24-22(13-20)27(33)29(2)23-9-8-21(35-25(23)16-34-24)14-26(32)30-12-11-18-5-3-4-6-19(18)15-30/h3-7,10,13,21,23,25H,8-9,11-12,14-16H2,1-2H3,(H,28,31)/t21-,23-,25+/m1/s1. The van der Waals surface area contributed by atoms with Crippen molar-refractivity contribution in [1.82, 2.24) is 9.80 Å². The van der Waals surface area contributed by atoms with E-state index in [1.165, 1.54) is 18.1 Å². The Hall–Kier alpha value is -3.39. The van der Waals surface area contributed by atoms with Crippen LogP contribution in [-0.2, 0) is 27.3 Å². The maximum absolute atomic E-state index is 13.3. The molecule has 2 aromatic carbocycles. The third-order valence-corrected chi connectivity index (χ3v) is 7.22. The number of benzene rings is 2. The maximum atomic E-state index is 13.3. The van der Waals surface area contributed by atoms with Crippen molar-refractivity contribution in [2.45, 2.75) is 57.4 Å². The molecule has 184 valence electrons. The highest BCUT2D eigenvalue weighted by atomic mass is 16.5. The van der Waals surface area contributed by atoms with Crippen LogP contribution >= 0.6 is 0 Å². The summed E-state index contributed by atoms with van der Waals surface area (Å²) in [5.74, 6) is 0.192. The summed E-state index contributed by atoms with van der Waals surface area (Å²) in [5.41, 5.74) is 3.50. The summed E-state index contributed by atoms with van der Waals surface area (Å²) < 4.78 is 12.3. The number of carbonyl (C=O) groups is 3. The molecule has 0 radical (unpaired) electrons. The predicted molar refractivity (Wildman–Crippen MR) is 130 cm³/mol. The molecule has 3 aliphatic rings. The monoisotopic (exact) mass is 477 g/mol. The Morgan fingerprint density at radius 1 is 1.11 bits per heavy atom. The summed E-state index contributed by atoms with van der Waals surface area (Å²) in [4.78, 5) is 41.4. The van der Waals surface area contributed by atoms with Crippen LogP contribution in [0.4, 0.5) is 5.69 Å². The van der Waals surface area contributed by atoms with E-state index in [1.54, 1.807) is 30.1 Å². The van der Waals surface area contributed by atoms with Gasteiger partial charge in [0.1, 0.15) is 18.5 Å². The number of likely N-dealkylation sites (N-methyl/N-ethyl adjacent to an activating group) is 1. The lowest BCUT2D eigenvalue weighted by Gasteiger charge is -2.42. The van der Waals surface area contributed by atoms with Crippen LogP contribution in [0.3, 0.4) is 0 Å². The first kappa shape index (κ1) is 23.4. The van der Waals surface area contributed by atoms with Crippen LogP contribution in [0.25, 0.3) is 0 Å². The Bertz CT molecular complexity index is 1150. The Kier molecular flexibility index (Phi) is 6.47. The van der Waals surface area contributed by atoms with Gasteiger partial charge in [-0.25, -0.2) is 0 Å². The summed E-state index contributed by atoms with van der Waals surface area (Å²) in [6.45, 7) is 3.09. The van der Waals surface area contributed by atoms with Crippen molar-refractivity contribution in [1.29, 1.82) is 0 Å². The number of nitrogens with one attached hydrogen (secondary N) is 1. The minimum atomic E-state index is -0.319. The highest BCUT2D eigenvalue weighted by Gasteiger charge is 2.39. The molecule has 0 spiro atoms. The molecule has 0 bridgehead atoms. The number of fused-ring (bicyclic) bond motifs is 3. The summed E-state index contributed by atoms with van der Waals surface area (Å²) in [7, 11) is 1.78. The molecule has 2 aromatic rings. The number of hydrogen-bond donors (Lipinski definition) is 1. The van der Waals surface area contributed by atoms with Crippen LogP contribution in [0.5, 0.6) is 5.75 Å². The highest BCUT2D eigenvalue weighted by molar-refractivity contribution is 5.99. The molecule has 3 amide bonds. The Morgan fingerprint density at radius 3 is 2.71 bits per heavy atom. The summed E-state index contributed by atoms with van der Waals surface area (Å²) in [6.07, 6.45) is 2.13. The number of ether oxygens (including phenoxy) is 2. The highest BCUT2D eigenvalue weighted by Crippen LogP contribution is 2.33. The average Bonchev–Trinajstić information content (AvgIpc) is 2.86. The molecule has 0 aliphatic carbocycles. The molecule has 1 saturated heterocycles. The Labute approximate surface area is 205 Å². The summed E-state index contributed by atoms with van der Waals surface area (Å²) in [6, 6.07) is 13.2. The van der Waals surface area contributed by atoms with Crippen molar-refractivity contribution in [3.05, 3.63) is 59.2 Å². The van der Waals surface area contributed by atoms with E-state index in [4.69, 9.17) is 9.47 Å². The Morgan fingerprint density at radius 2 is 1.91 bits per heavy atom. The molecule has 0 saturated carbocycles. The third kappa shape index (κ3) is 4.89. The number of hydrogen-bond acceptors (Lipinski definition) is 5. The number of rotatable bonds is 3. The molecule has 3 atom stereocenters. The van der Waals surface area contributed by atoms with Crippen molar-refractivity contribution >= 4 is 23.4 Å². The number of amides is 3. The van der Waals surface area contributed by atoms with E-state index in [2.05, 4.69) is 17.4 Å². The van der Waals surface area contributed by atoms with Gasteiger partial charge in [0, 0.05) is 32.7 Å². The van der Waals surface area contributed by atoms with Gasteiger partial charge in [-0.15, -0.1) is 0 Å². The van der Waals surface area contributed by atoms with Crippen LogP contribution in [0.2, 0.25) is 0 Å². The SMILES string of the molecule is CC(=O)Nc1ccc2c(c1)C(=O)N(C)[C@@H]1CC[C@H](CC(=O)N3CCc4ccccc4C3)O[C@H]1CO2. The molecule has 5 rings (SSSR count). The van der Waals surface area contributed by atoms with Crippen LogP contribution < -0.4 is 10.1 Å². The minimum absolute atomic E-state index is 0.106. The first-order valence-corrected chi connectivity index (χ1v) is 12.2. The largest absolute Gasteiger partial charge is 0.490 e. The topological polar surface area (TPSA) is 88.2 Å². The van der Waals surface area contributed by atoms with E-state index in [0.29, 0.717) is 36.4 Å². The van der Waals surface area contributed by atoms with Gasteiger partial charge >= 0.3 is 0 Å². The molecule has 0 aromatic heterocycles. The zero-order valence-electron chi connectivity index (χ0n) is 20.2. The molecule has 35 heavy (non-hydrogen) atoms. The van der Waals surface area contributed by atoms with Gasteiger partial charge in [0.25, 0.3) is 5.91 Å². The Balaban J connectivity index is 1.25. The van der Waals surface area contributed by atoms with Gasteiger partial charge in [0.2, 0.25) is 11.8 Å². The predicted octanol–water partition coefficient (Wildman–Crippen LogP) is 3.00. The average molecular weight is 478 g/mol. The number of anilines is 1. The zero-order chi connectivity index (χ0) is 24.5. The molecular weight excluding hydrogens is 446 g/mol. The lowest BCUT2D eigenvalue weighted by molar-refractivity contribution is -0.143. The van der Waals surface area contributed by atoms with Crippen molar-refractivity contribution in [2.24, 2.45) is 0 Å². The van der Waals surface area contributed by atoms with E-state index in [0.717, 1.165) is 19.4 Å². The van der Waals surface area contributed by atoms with Gasteiger partial charge < -0.3 is 24.6 Å². The first-order chi connectivity index (χ1) is 16.9. The molecular formula is C27H31N3O5. The molecule has 3 heterocycles. The fraction of sp³-hybridized carbons (Fsp3) is 0.444. The van der Waals surface area contributed by atoms with Gasteiger partial charge in [-0.05, 0) is 48.6 Å². The number of nitrogens with zero attached hydrogens (tertiary/aromatic N) is 2. The first-order valence-electron chi connectivity index (χ1n) is 12.2. The lowest BCUT2D eigenvalue weighted by atomic mass is 9.94. The van der Waals surface area contributed by atoms with Crippen molar-refractivity contribution < 1.29 is 23.9 Å². The van der Waals surface area contributed by atoms with Crippen LogP contribution in [0.1, 0.15) is 47.7 Å². The smallest absolute Gasteiger partial charge is 0.257 e. The second-order valence-electron chi connectivity index (χ2n) is 9.60. The van der Waals surface area contributed by atoms with Crippen LogP contribution in [0.15, 0.2) is 42.5 Å². The summed E-state index contributed by atoms with van der Waals surface area (Å²) in [5, 5.41) is 2.71. The molecule has 1 N–H and O–H groups in total. The van der Waals surface area contributed by atoms with Gasteiger partial charge in [-0.2, -0.15) is 0 Å². The van der Waals surface area contributed by atoms with Gasteiger partial charge in [-0.3, -0.25) is 14.4 Å².